The van der Waals surface area contributed by atoms with Crippen molar-refractivity contribution in [2.24, 2.45) is 7.05 Å². The Balaban J connectivity index is 2.63. The van der Waals surface area contributed by atoms with Gasteiger partial charge in [-0.1, -0.05) is 12.1 Å². The number of aromatic nitrogens is 1. The second-order valence-corrected chi connectivity index (χ2v) is 3.42. The van der Waals surface area contributed by atoms with E-state index in [0.29, 0.717) is 5.52 Å². The van der Waals surface area contributed by atoms with Gasteiger partial charge in [-0.3, -0.25) is 0 Å². The topological polar surface area (TPSA) is 14.2 Å². The van der Waals surface area contributed by atoms with Crippen LogP contribution in [0.4, 0.5) is 8.78 Å². The number of rotatable bonds is 2. The van der Waals surface area contributed by atoms with Crippen LogP contribution in [-0.4, -0.2) is 11.2 Å². The average molecular weight is 211 g/mol. The van der Waals surface area contributed by atoms with Crippen molar-refractivity contribution >= 4 is 10.9 Å². The molecule has 4 heteroatoms. The van der Waals surface area contributed by atoms with Crippen molar-refractivity contribution < 1.29 is 13.5 Å². The smallest absolute Gasteiger partial charge is 0.387 e. The minimum atomic E-state index is -2.79. The lowest BCUT2D eigenvalue weighted by Gasteiger charge is -2.07. The Morgan fingerprint density at radius 1 is 1.33 bits per heavy atom. The van der Waals surface area contributed by atoms with E-state index < -0.39 is 6.61 Å². The van der Waals surface area contributed by atoms with Crippen molar-refractivity contribution in [2.45, 2.75) is 13.5 Å². The molecule has 0 saturated heterocycles. The van der Waals surface area contributed by atoms with E-state index in [1.54, 1.807) is 12.1 Å². The van der Waals surface area contributed by atoms with Crippen LogP contribution >= 0.6 is 0 Å². The fourth-order valence-corrected chi connectivity index (χ4v) is 1.70. The SMILES string of the molecule is Cc1cc2cccc(OC(F)F)c2n1C. The second kappa shape index (κ2) is 3.53. The highest BCUT2D eigenvalue weighted by molar-refractivity contribution is 5.86. The Morgan fingerprint density at radius 3 is 2.73 bits per heavy atom. The molecule has 0 atom stereocenters. The standard InChI is InChI=1S/C11H11F2NO/c1-7-6-8-4-3-5-9(15-11(12)13)10(8)14(7)2/h3-6,11H,1-2H3. The molecular formula is C11H11F2NO. The number of hydrogen-bond acceptors (Lipinski definition) is 1. The predicted octanol–water partition coefficient (Wildman–Crippen LogP) is 3.09. The van der Waals surface area contributed by atoms with E-state index in [-0.39, 0.29) is 5.75 Å². The van der Waals surface area contributed by atoms with Crippen LogP contribution in [0.1, 0.15) is 5.69 Å². The monoisotopic (exact) mass is 211 g/mol. The molecule has 80 valence electrons. The maximum absolute atomic E-state index is 12.2. The van der Waals surface area contributed by atoms with E-state index in [0.717, 1.165) is 11.1 Å². The molecule has 0 aliphatic carbocycles. The normalized spacial score (nSPS) is 11.3. The first-order valence-electron chi connectivity index (χ1n) is 4.59. The van der Waals surface area contributed by atoms with Gasteiger partial charge in [-0.2, -0.15) is 8.78 Å². The molecule has 0 radical (unpaired) electrons. The first-order valence-corrected chi connectivity index (χ1v) is 4.59. The predicted molar refractivity (Wildman–Crippen MR) is 54.3 cm³/mol. The molecule has 1 heterocycles. The van der Waals surface area contributed by atoms with E-state index in [4.69, 9.17) is 0 Å². The number of alkyl halides is 2. The summed E-state index contributed by atoms with van der Waals surface area (Å²) in [7, 11) is 1.83. The van der Waals surface area contributed by atoms with Crippen LogP contribution in [0.5, 0.6) is 5.75 Å². The number of fused-ring (bicyclic) bond motifs is 1. The summed E-state index contributed by atoms with van der Waals surface area (Å²) in [4.78, 5) is 0. The summed E-state index contributed by atoms with van der Waals surface area (Å²) in [5, 5.41) is 0.910. The minimum absolute atomic E-state index is 0.220. The molecule has 0 bridgehead atoms. The quantitative estimate of drug-likeness (QED) is 0.744. The van der Waals surface area contributed by atoms with Gasteiger partial charge in [0.05, 0.1) is 5.52 Å². The van der Waals surface area contributed by atoms with Gasteiger partial charge >= 0.3 is 6.61 Å². The zero-order valence-corrected chi connectivity index (χ0v) is 8.50. The van der Waals surface area contributed by atoms with E-state index >= 15 is 0 Å². The van der Waals surface area contributed by atoms with E-state index in [9.17, 15) is 8.78 Å². The third-order valence-corrected chi connectivity index (χ3v) is 2.48. The van der Waals surface area contributed by atoms with Crippen LogP contribution in [-0.2, 0) is 7.05 Å². The number of nitrogens with zero attached hydrogens (tertiary/aromatic N) is 1. The average Bonchev–Trinajstić information content (AvgIpc) is 2.43. The fraction of sp³-hybridized carbons (Fsp3) is 0.273. The minimum Gasteiger partial charge on any atom is -0.433 e. The Kier molecular flexibility index (Phi) is 2.34. The summed E-state index contributed by atoms with van der Waals surface area (Å²) >= 11 is 0. The van der Waals surface area contributed by atoms with Crippen molar-refractivity contribution in [3.8, 4) is 5.75 Å². The van der Waals surface area contributed by atoms with Gasteiger partial charge in [-0.25, -0.2) is 0 Å². The summed E-state index contributed by atoms with van der Waals surface area (Å²) in [6.45, 7) is -0.864. The number of para-hydroxylation sites is 1. The van der Waals surface area contributed by atoms with E-state index in [1.807, 2.05) is 30.7 Å². The summed E-state index contributed by atoms with van der Waals surface area (Å²) in [5.41, 5.74) is 1.71. The van der Waals surface area contributed by atoms with E-state index in [2.05, 4.69) is 4.74 Å². The number of halogens is 2. The van der Waals surface area contributed by atoms with Crippen molar-refractivity contribution in [1.29, 1.82) is 0 Å². The largest absolute Gasteiger partial charge is 0.433 e. The second-order valence-electron chi connectivity index (χ2n) is 3.42. The molecule has 2 nitrogen and oxygen atoms in total. The number of benzene rings is 1. The van der Waals surface area contributed by atoms with Crippen molar-refractivity contribution in [3.05, 3.63) is 30.0 Å². The number of aryl methyl sites for hydroxylation is 2. The molecule has 0 amide bonds. The van der Waals surface area contributed by atoms with Gasteiger partial charge < -0.3 is 9.30 Å². The molecule has 1 aromatic carbocycles. The number of ether oxygens (including phenoxy) is 1. The van der Waals surface area contributed by atoms with Gasteiger partial charge in [0.15, 0.2) is 0 Å². The highest BCUT2D eigenvalue weighted by Gasteiger charge is 2.11. The van der Waals surface area contributed by atoms with Crippen molar-refractivity contribution in [3.63, 3.8) is 0 Å². The van der Waals surface area contributed by atoms with Gasteiger partial charge in [0.25, 0.3) is 0 Å². The molecule has 0 saturated carbocycles. The lowest BCUT2D eigenvalue weighted by molar-refractivity contribution is -0.0489. The first-order chi connectivity index (χ1) is 7.09. The van der Waals surface area contributed by atoms with Crippen LogP contribution in [0, 0.1) is 6.92 Å². The van der Waals surface area contributed by atoms with Crippen LogP contribution in [0.2, 0.25) is 0 Å². The maximum atomic E-state index is 12.2. The summed E-state index contributed by atoms with van der Waals surface area (Å²) in [6.07, 6.45) is 0. The Hall–Kier alpha value is -1.58. The molecule has 1 aromatic heterocycles. The third kappa shape index (κ3) is 1.67. The molecule has 0 aliphatic rings. The highest BCUT2D eigenvalue weighted by Crippen LogP contribution is 2.28. The summed E-state index contributed by atoms with van der Waals surface area (Å²) in [6, 6.07) is 7.07. The van der Waals surface area contributed by atoms with Crippen LogP contribution in [0.15, 0.2) is 24.3 Å². The zero-order chi connectivity index (χ0) is 11.0. The van der Waals surface area contributed by atoms with Crippen molar-refractivity contribution in [1.82, 2.24) is 4.57 Å². The Labute approximate surface area is 86.1 Å². The molecule has 0 aliphatic heterocycles. The van der Waals surface area contributed by atoms with Gasteiger partial charge in [-0.05, 0) is 19.1 Å². The van der Waals surface area contributed by atoms with Gasteiger partial charge in [0.2, 0.25) is 0 Å². The van der Waals surface area contributed by atoms with Gasteiger partial charge in [0.1, 0.15) is 5.75 Å². The Morgan fingerprint density at radius 2 is 2.07 bits per heavy atom. The molecule has 0 unspecified atom stereocenters. The number of hydrogen-bond donors (Lipinski definition) is 0. The first kappa shape index (κ1) is 9.96. The zero-order valence-electron chi connectivity index (χ0n) is 8.50. The highest BCUT2D eigenvalue weighted by atomic mass is 19.3. The molecule has 0 N–H and O–H groups in total. The van der Waals surface area contributed by atoms with Crippen molar-refractivity contribution in [2.75, 3.05) is 0 Å². The molecule has 2 rings (SSSR count). The van der Waals surface area contributed by atoms with Crippen LogP contribution in [0.25, 0.3) is 10.9 Å². The van der Waals surface area contributed by atoms with Gasteiger partial charge in [0, 0.05) is 18.1 Å². The van der Waals surface area contributed by atoms with Crippen LogP contribution < -0.4 is 4.74 Å². The molecule has 0 fully saturated rings. The molecule has 15 heavy (non-hydrogen) atoms. The van der Waals surface area contributed by atoms with E-state index in [1.165, 1.54) is 0 Å². The third-order valence-electron chi connectivity index (χ3n) is 2.48. The lowest BCUT2D eigenvalue weighted by Crippen LogP contribution is -2.03. The van der Waals surface area contributed by atoms with Gasteiger partial charge in [-0.15, -0.1) is 0 Å². The lowest BCUT2D eigenvalue weighted by atomic mass is 10.2. The molecule has 0 spiro atoms. The maximum Gasteiger partial charge on any atom is 0.387 e. The molecular weight excluding hydrogens is 200 g/mol. The fourth-order valence-electron chi connectivity index (χ4n) is 1.70. The summed E-state index contributed by atoms with van der Waals surface area (Å²) < 4.78 is 30.6. The molecule has 2 aromatic rings. The Bertz CT molecular complexity index is 491. The summed E-state index contributed by atoms with van der Waals surface area (Å²) in [5.74, 6) is 0.220. The van der Waals surface area contributed by atoms with Crippen LogP contribution in [0.3, 0.4) is 0 Å².